The minimum atomic E-state index is -0.396. The molecule has 2 aromatic heterocycles. The topological polar surface area (TPSA) is 82.9 Å². The molecule has 8 nitrogen and oxygen atoms in total. The van der Waals surface area contributed by atoms with Crippen LogP contribution in [-0.4, -0.2) is 56.3 Å². The molecule has 0 amide bonds. The summed E-state index contributed by atoms with van der Waals surface area (Å²) < 4.78 is 16.4. The van der Waals surface area contributed by atoms with Crippen LogP contribution in [-0.2, 0) is 0 Å². The number of rotatable bonds is 5. The van der Waals surface area contributed by atoms with Crippen LogP contribution in [0.25, 0.3) is 10.9 Å². The van der Waals surface area contributed by atoms with E-state index in [1.807, 2.05) is 29.8 Å². The summed E-state index contributed by atoms with van der Waals surface area (Å²) in [6.45, 7) is 6.68. The van der Waals surface area contributed by atoms with E-state index in [0.717, 1.165) is 47.7 Å². The third-order valence-corrected chi connectivity index (χ3v) is 7.92. The fraction of sp³-hybridized carbons (Fsp3) is 0.429. The highest BCUT2D eigenvalue weighted by atomic mass is 19.1. The number of aryl methyl sites for hydroxylation is 2. The van der Waals surface area contributed by atoms with E-state index in [1.54, 1.807) is 6.07 Å². The Morgan fingerprint density at radius 2 is 1.78 bits per heavy atom. The van der Waals surface area contributed by atoms with Gasteiger partial charge in [0, 0.05) is 31.7 Å². The molecular formula is C28H32FN7O. The lowest BCUT2D eigenvalue weighted by atomic mass is 10.00. The lowest BCUT2D eigenvalue weighted by Crippen LogP contribution is -2.49. The van der Waals surface area contributed by atoms with Crippen molar-refractivity contribution in [3.05, 3.63) is 81.2 Å². The lowest BCUT2D eigenvalue weighted by molar-refractivity contribution is 0.196. The molecule has 0 bridgehead atoms. The molecule has 2 fully saturated rings. The average Bonchev–Trinajstić information content (AvgIpc) is 3.58. The quantitative estimate of drug-likeness (QED) is 0.439. The fourth-order valence-electron chi connectivity index (χ4n) is 6.12. The number of anilines is 1. The van der Waals surface area contributed by atoms with Gasteiger partial charge >= 0.3 is 0 Å². The van der Waals surface area contributed by atoms with Crippen molar-refractivity contribution in [3.8, 4) is 0 Å². The van der Waals surface area contributed by atoms with Gasteiger partial charge in [0.25, 0.3) is 5.56 Å². The van der Waals surface area contributed by atoms with Crippen LogP contribution in [0.2, 0.25) is 0 Å². The van der Waals surface area contributed by atoms with E-state index in [0.29, 0.717) is 43.3 Å². The zero-order chi connectivity index (χ0) is 25.5. The largest absolute Gasteiger partial charge is 0.367 e. The van der Waals surface area contributed by atoms with Crippen molar-refractivity contribution in [1.29, 1.82) is 0 Å². The number of fused-ring (bicyclic) bond motifs is 1. The number of hydrogen-bond donors (Lipinski definition) is 1. The molecule has 0 spiro atoms. The zero-order valence-corrected chi connectivity index (χ0v) is 21.3. The van der Waals surface area contributed by atoms with Crippen LogP contribution in [0.1, 0.15) is 60.3 Å². The van der Waals surface area contributed by atoms with Crippen LogP contribution < -0.4 is 10.5 Å². The number of pyridine rings is 1. The molecule has 6 rings (SSSR count). The number of aromatic amines is 1. The summed E-state index contributed by atoms with van der Waals surface area (Å²) in [5.41, 5.74) is 4.19. The molecule has 192 valence electrons. The predicted octanol–water partition coefficient (Wildman–Crippen LogP) is 4.30. The van der Waals surface area contributed by atoms with E-state index in [9.17, 15) is 9.18 Å². The van der Waals surface area contributed by atoms with Gasteiger partial charge in [0.05, 0.1) is 17.2 Å². The third-order valence-electron chi connectivity index (χ3n) is 7.92. The Kier molecular flexibility index (Phi) is 6.24. The molecule has 4 aromatic rings. The molecule has 0 radical (unpaired) electrons. The van der Waals surface area contributed by atoms with E-state index >= 15 is 0 Å². The van der Waals surface area contributed by atoms with Crippen molar-refractivity contribution in [2.24, 2.45) is 0 Å². The lowest BCUT2D eigenvalue weighted by Gasteiger charge is -2.39. The molecule has 1 aliphatic heterocycles. The smallest absolute Gasteiger partial charge is 0.253 e. The number of H-pyrrole nitrogens is 1. The zero-order valence-electron chi connectivity index (χ0n) is 21.3. The Labute approximate surface area is 215 Å². The number of piperazine rings is 1. The van der Waals surface area contributed by atoms with Gasteiger partial charge < -0.3 is 9.88 Å². The van der Waals surface area contributed by atoms with E-state index < -0.39 is 6.04 Å². The number of benzene rings is 2. The van der Waals surface area contributed by atoms with E-state index in [4.69, 9.17) is 0 Å². The van der Waals surface area contributed by atoms with Crippen LogP contribution in [0.3, 0.4) is 0 Å². The van der Waals surface area contributed by atoms with Crippen molar-refractivity contribution in [3.63, 3.8) is 0 Å². The highest BCUT2D eigenvalue weighted by Gasteiger charge is 2.35. The first-order chi connectivity index (χ1) is 18.0. The summed E-state index contributed by atoms with van der Waals surface area (Å²) in [5, 5.41) is 14.0. The summed E-state index contributed by atoms with van der Waals surface area (Å²) in [7, 11) is 0. The number of aromatic nitrogens is 5. The molecule has 1 atom stereocenters. The molecule has 1 unspecified atom stereocenters. The fourth-order valence-corrected chi connectivity index (χ4v) is 6.12. The highest BCUT2D eigenvalue weighted by Crippen LogP contribution is 2.35. The van der Waals surface area contributed by atoms with Crippen LogP contribution in [0, 0.1) is 19.7 Å². The maximum atomic E-state index is 14.5. The SMILES string of the molecule is Cc1cc(C)c2[nH]c(=O)c(C(c3nnnn3C3CCCC3)N3CCN(c4ccccc4F)CC3)cc2c1. The van der Waals surface area contributed by atoms with E-state index in [1.165, 1.54) is 6.07 Å². The average molecular weight is 502 g/mol. The number of nitrogens with zero attached hydrogens (tertiary/aromatic N) is 6. The van der Waals surface area contributed by atoms with Gasteiger partial charge in [-0.1, -0.05) is 36.6 Å². The summed E-state index contributed by atoms with van der Waals surface area (Å²) in [6, 6.07) is 12.9. The first kappa shape index (κ1) is 23.8. The first-order valence-electron chi connectivity index (χ1n) is 13.1. The van der Waals surface area contributed by atoms with Gasteiger partial charge in [-0.2, -0.15) is 0 Å². The van der Waals surface area contributed by atoms with Crippen molar-refractivity contribution in [1.82, 2.24) is 30.1 Å². The molecular weight excluding hydrogens is 469 g/mol. The first-order valence-corrected chi connectivity index (χ1v) is 13.1. The molecule has 2 aromatic carbocycles. The Morgan fingerprint density at radius 1 is 1.03 bits per heavy atom. The number of hydrogen-bond acceptors (Lipinski definition) is 6. The van der Waals surface area contributed by atoms with Crippen LogP contribution in [0.5, 0.6) is 0 Å². The Morgan fingerprint density at radius 3 is 2.54 bits per heavy atom. The molecule has 9 heteroatoms. The summed E-state index contributed by atoms with van der Waals surface area (Å²) in [6.07, 6.45) is 4.40. The van der Waals surface area contributed by atoms with Gasteiger partial charge in [0.1, 0.15) is 11.9 Å². The number of nitrogens with one attached hydrogen (secondary N) is 1. The maximum Gasteiger partial charge on any atom is 0.253 e. The van der Waals surface area contributed by atoms with Gasteiger partial charge in [-0.15, -0.1) is 5.10 Å². The minimum Gasteiger partial charge on any atom is -0.367 e. The van der Waals surface area contributed by atoms with E-state index in [-0.39, 0.29) is 17.4 Å². The van der Waals surface area contributed by atoms with Crippen LogP contribution in [0.4, 0.5) is 10.1 Å². The van der Waals surface area contributed by atoms with Gasteiger partial charge in [0.2, 0.25) is 0 Å². The molecule has 37 heavy (non-hydrogen) atoms. The Hall–Kier alpha value is -3.59. The van der Waals surface area contributed by atoms with Crippen molar-refractivity contribution in [2.75, 3.05) is 31.1 Å². The van der Waals surface area contributed by atoms with Crippen LogP contribution in [0.15, 0.2) is 47.3 Å². The second kappa shape index (κ2) is 9.70. The summed E-state index contributed by atoms with van der Waals surface area (Å²) in [4.78, 5) is 21.1. The molecule has 1 N–H and O–H groups in total. The second-order valence-electron chi connectivity index (χ2n) is 10.4. The van der Waals surface area contributed by atoms with Crippen molar-refractivity contribution < 1.29 is 4.39 Å². The van der Waals surface area contributed by atoms with Crippen molar-refractivity contribution in [2.45, 2.75) is 51.6 Å². The van der Waals surface area contributed by atoms with E-state index in [2.05, 4.69) is 49.4 Å². The van der Waals surface area contributed by atoms with Gasteiger partial charge in [-0.05, 0) is 72.3 Å². The molecule has 1 saturated heterocycles. The molecule has 1 aliphatic carbocycles. The molecule has 1 saturated carbocycles. The number of tetrazole rings is 1. The molecule has 3 heterocycles. The minimum absolute atomic E-state index is 0.123. The predicted molar refractivity (Wildman–Crippen MR) is 141 cm³/mol. The second-order valence-corrected chi connectivity index (χ2v) is 10.4. The normalized spacial score (nSPS) is 18.1. The van der Waals surface area contributed by atoms with Crippen molar-refractivity contribution >= 4 is 16.6 Å². The summed E-state index contributed by atoms with van der Waals surface area (Å²) in [5.74, 6) is 0.495. The number of para-hydroxylation sites is 1. The Bertz CT molecular complexity index is 1480. The van der Waals surface area contributed by atoms with Gasteiger partial charge in [-0.3, -0.25) is 9.69 Å². The monoisotopic (exact) mass is 501 g/mol. The standard InChI is InChI=1S/C28H32FN7O/c1-18-15-19(2)25-20(16-18)17-22(28(37)30-25)26(27-31-32-33-36(27)21-7-3-4-8-21)35-13-11-34(12-14-35)24-10-6-5-9-23(24)29/h5-6,9-10,15-17,21,26H,3-4,7-8,11-14H2,1-2H3,(H,30,37). The Balaban J connectivity index is 1.41. The third kappa shape index (κ3) is 4.41. The highest BCUT2D eigenvalue weighted by molar-refractivity contribution is 5.83. The van der Waals surface area contributed by atoms with Gasteiger partial charge in [-0.25, -0.2) is 9.07 Å². The van der Waals surface area contributed by atoms with Gasteiger partial charge in [0.15, 0.2) is 5.82 Å². The molecule has 2 aliphatic rings. The maximum absolute atomic E-state index is 14.5. The number of halogens is 1. The summed E-state index contributed by atoms with van der Waals surface area (Å²) >= 11 is 0. The van der Waals surface area contributed by atoms with Crippen LogP contribution >= 0.6 is 0 Å².